The van der Waals surface area contributed by atoms with E-state index in [1.807, 2.05) is 0 Å². The molecule has 0 unspecified atom stereocenters. The summed E-state index contributed by atoms with van der Waals surface area (Å²) in [6, 6.07) is 0. The minimum atomic E-state index is 0. The summed E-state index contributed by atoms with van der Waals surface area (Å²) in [5, 5.41) is 0. The molecule has 5 heteroatoms. The molecule has 0 aliphatic carbocycles. The Bertz CT molecular complexity index is 20.5. The second kappa shape index (κ2) is 23.9. The van der Waals surface area contributed by atoms with Gasteiger partial charge in [0.25, 0.3) is 0 Å². The van der Waals surface area contributed by atoms with Gasteiger partial charge in [0, 0.05) is 0 Å². The Morgan fingerprint density at radius 1 is 0.556 bits per heavy atom. The van der Waals surface area contributed by atoms with Crippen molar-refractivity contribution in [1.29, 1.82) is 0 Å². The van der Waals surface area contributed by atoms with Gasteiger partial charge in [0.2, 0.25) is 0 Å². The maximum absolute atomic E-state index is 6.26. The zero-order valence-electron chi connectivity index (χ0n) is 5.14. The fraction of sp³-hybridized carbons (Fsp3) is 1.00. The van der Waals surface area contributed by atoms with Crippen LogP contribution in [0.3, 0.4) is 0 Å². The van der Waals surface area contributed by atoms with Crippen molar-refractivity contribution in [3.05, 3.63) is 22.9 Å². The maximum atomic E-state index is 6.26. The van der Waals surface area contributed by atoms with E-state index in [2.05, 4.69) is 0 Å². The van der Waals surface area contributed by atoms with Crippen LogP contribution >= 0.6 is 0 Å². The summed E-state index contributed by atoms with van der Waals surface area (Å²) in [5.74, 6) is 0. The maximum Gasteiger partial charge on any atom is 2.00 e. The molecule has 60 valence electrons. The minimum Gasteiger partial charge on any atom is -0.679 e. The Balaban J connectivity index is -0.0000000720. The van der Waals surface area contributed by atoms with Crippen LogP contribution in [-0.4, -0.2) is 26.2 Å². The average Bonchev–Trinajstić information content (AvgIpc) is 1.88. The zero-order chi connectivity index (χ0) is 6.83. The summed E-state index contributed by atoms with van der Waals surface area (Å²) in [5.41, 5.74) is 25.1. The first-order chi connectivity index (χ1) is 3.83. The van der Waals surface area contributed by atoms with E-state index in [1.54, 1.807) is 0 Å². The smallest absolute Gasteiger partial charge is 0.679 e. The van der Waals surface area contributed by atoms with Gasteiger partial charge in [-0.1, -0.05) is 0 Å². The normalized spacial score (nSPS) is 6.67. The molecule has 0 amide bonds. The third-order valence-electron chi connectivity index (χ3n) is 0.250. The molecule has 0 aliphatic heterocycles. The summed E-state index contributed by atoms with van der Waals surface area (Å²) in [6.45, 7) is 0.944. The molecule has 0 heterocycles. The molecule has 0 spiro atoms. The Hall–Kier alpha value is 0.334. The SMILES string of the molecule is [NH-]CC[NH-].[NH-]CC[NH-].[Ni+2]. The molecule has 0 atom stereocenters. The number of rotatable bonds is 2. The van der Waals surface area contributed by atoms with E-state index in [9.17, 15) is 0 Å². The molecule has 9 heavy (non-hydrogen) atoms. The minimum absolute atomic E-state index is 0. The van der Waals surface area contributed by atoms with Crippen LogP contribution in [0.15, 0.2) is 0 Å². The van der Waals surface area contributed by atoms with Gasteiger partial charge in [0.05, 0.1) is 0 Å². The zero-order valence-corrected chi connectivity index (χ0v) is 6.13. The van der Waals surface area contributed by atoms with Gasteiger partial charge in [-0.15, -0.1) is 0 Å². The van der Waals surface area contributed by atoms with Gasteiger partial charge in [0.15, 0.2) is 0 Å². The molecule has 0 saturated carbocycles. The van der Waals surface area contributed by atoms with Crippen LogP contribution in [0.25, 0.3) is 22.9 Å². The topological polar surface area (TPSA) is 95.2 Å². The molecule has 0 rings (SSSR count). The van der Waals surface area contributed by atoms with Crippen molar-refractivity contribution in [2.75, 3.05) is 26.2 Å². The summed E-state index contributed by atoms with van der Waals surface area (Å²) in [6.07, 6.45) is 0. The third kappa shape index (κ3) is 61.4. The molecule has 0 saturated heterocycles. The van der Waals surface area contributed by atoms with Crippen molar-refractivity contribution in [2.45, 2.75) is 0 Å². The first-order valence-corrected chi connectivity index (χ1v) is 2.41. The molecular weight excluding hydrogens is 163 g/mol. The number of nitrogens with one attached hydrogen (secondary N) is 4. The van der Waals surface area contributed by atoms with Gasteiger partial charge in [-0.2, -0.15) is 26.2 Å². The van der Waals surface area contributed by atoms with E-state index in [0.29, 0.717) is 0 Å². The van der Waals surface area contributed by atoms with Gasteiger partial charge < -0.3 is 22.9 Å². The van der Waals surface area contributed by atoms with E-state index in [0.717, 1.165) is 0 Å². The monoisotopic (exact) mass is 174 g/mol. The van der Waals surface area contributed by atoms with Crippen molar-refractivity contribution in [3.63, 3.8) is 0 Å². The average molecular weight is 175 g/mol. The molecule has 0 aromatic carbocycles. The molecule has 0 aromatic heterocycles. The first-order valence-electron chi connectivity index (χ1n) is 2.41. The molecule has 0 aliphatic rings. The Morgan fingerprint density at radius 3 is 0.667 bits per heavy atom. The molecule has 0 radical (unpaired) electrons. The molecular formula is C4H12N4Ni-2. The van der Waals surface area contributed by atoms with Crippen LogP contribution in [0.4, 0.5) is 0 Å². The summed E-state index contributed by atoms with van der Waals surface area (Å²) in [4.78, 5) is 0. The van der Waals surface area contributed by atoms with E-state index in [4.69, 9.17) is 22.9 Å². The van der Waals surface area contributed by atoms with Gasteiger partial charge >= 0.3 is 16.5 Å². The van der Waals surface area contributed by atoms with Gasteiger partial charge in [-0.05, 0) is 0 Å². The Kier molecular flexibility index (Phi) is 42.8. The van der Waals surface area contributed by atoms with Crippen LogP contribution in [0.1, 0.15) is 0 Å². The third-order valence-corrected chi connectivity index (χ3v) is 0.250. The van der Waals surface area contributed by atoms with Crippen molar-refractivity contribution in [3.8, 4) is 0 Å². The fourth-order valence-corrected chi connectivity index (χ4v) is 0. The van der Waals surface area contributed by atoms with Crippen LogP contribution in [0.5, 0.6) is 0 Å². The summed E-state index contributed by atoms with van der Waals surface area (Å²) >= 11 is 0. The second-order valence-electron chi connectivity index (χ2n) is 1.000. The first kappa shape index (κ1) is 16.2. The molecule has 0 aromatic rings. The number of hydrogen-bond acceptors (Lipinski definition) is 0. The van der Waals surface area contributed by atoms with E-state index < -0.39 is 0 Å². The van der Waals surface area contributed by atoms with Gasteiger partial charge in [0.1, 0.15) is 0 Å². The van der Waals surface area contributed by atoms with Crippen molar-refractivity contribution in [1.82, 2.24) is 0 Å². The second-order valence-corrected chi connectivity index (χ2v) is 1.000. The van der Waals surface area contributed by atoms with Crippen molar-refractivity contribution in [2.24, 2.45) is 0 Å². The largest absolute Gasteiger partial charge is 2.00 e. The van der Waals surface area contributed by atoms with Gasteiger partial charge in [-0.3, -0.25) is 0 Å². The predicted octanol–water partition coefficient (Wildman–Crippen LogP) is 2.18. The quantitative estimate of drug-likeness (QED) is 0.574. The Labute approximate surface area is 66.2 Å². The van der Waals surface area contributed by atoms with E-state index in [-0.39, 0.29) is 42.7 Å². The van der Waals surface area contributed by atoms with Crippen LogP contribution in [0, 0.1) is 0 Å². The van der Waals surface area contributed by atoms with Crippen LogP contribution in [-0.2, 0) is 16.5 Å². The molecule has 4 N–H and O–H groups in total. The van der Waals surface area contributed by atoms with Crippen LogP contribution in [0.2, 0.25) is 0 Å². The Morgan fingerprint density at radius 2 is 0.667 bits per heavy atom. The molecule has 0 bridgehead atoms. The predicted molar refractivity (Wildman–Crippen MR) is 36.8 cm³/mol. The fourth-order valence-electron chi connectivity index (χ4n) is 0. The van der Waals surface area contributed by atoms with Crippen LogP contribution < -0.4 is 0 Å². The van der Waals surface area contributed by atoms with E-state index >= 15 is 0 Å². The summed E-state index contributed by atoms with van der Waals surface area (Å²) < 4.78 is 0. The standard InChI is InChI=1S/2C2H6N2.Ni/c2*3-1-2-4;/h2*3-4H,1-2H2;/q2*-2;+2. The van der Waals surface area contributed by atoms with E-state index in [1.165, 1.54) is 0 Å². The number of hydrogen-bond donors (Lipinski definition) is 0. The molecule has 0 fully saturated rings. The summed E-state index contributed by atoms with van der Waals surface area (Å²) in [7, 11) is 0. The van der Waals surface area contributed by atoms with Gasteiger partial charge in [-0.25, -0.2) is 0 Å². The van der Waals surface area contributed by atoms with Crippen molar-refractivity contribution >= 4 is 0 Å². The molecule has 4 nitrogen and oxygen atoms in total. The van der Waals surface area contributed by atoms with Crippen molar-refractivity contribution < 1.29 is 16.5 Å².